The number of nitrogens with two attached hydrogens (primary N) is 1. The minimum atomic E-state index is -0.0512. The predicted molar refractivity (Wildman–Crippen MR) is 42.2 cm³/mol. The third kappa shape index (κ3) is 1.12. The van der Waals surface area contributed by atoms with Gasteiger partial charge in [-0.25, -0.2) is 0 Å². The number of amides is 1. The predicted octanol–water partition coefficient (Wildman–Crippen LogP) is -1.01. The van der Waals surface area contributed by atoms with Crippen LogP contribution in [0.3, 0.4) is 0 Å². The van der Waals surface area contributed by atoms with Gasteiger partial charge in [0, 0.05) is 12.5 Å². The van der Waals surface area contributed by atoms with E-state index >= 15 is 0 Å². The van der Waals surface area contributed by atoms with Crippen molar-refractivity contribution in [2.75, 3.05) is 19.6 Å². The zero-order valence-electron chi connectivity index (χ0n) is 6.82. The number of nitrogens with zero attached hydrogens (tertiary/aromatic N) is 1. The fraction of sp³-hybridized carbons (Fsp3) is 0.750. The van der Waals surface area contributed by atoms with Gasteiger partial charge >= 0.3 is 0 Å². The quantitative estimate of drug-likeness (QED) is 0.587. The fourth-order valence-corrected chi connectivity index (χ4v) is 1.78. The summed E-state index contributed by atoms with van der Waals surface area (Å²) in [6.45, 7) is 1.04. The van der Waals surface area contributed by atoms with Crippen LogP contribution in [0.15, 0.2) is 0 Å². The molecule has 1 heterocycles. The van der Waals surface area contributed by atoms with E-state index in [9.17, 15) is 9.59 Å². The average Bonchev–Trinajstić information content (AvgIpc) is 2.75. The van der Waals surface area contributed by atoms with Gasteiger partial charge in [-0.15, -0.1) is 0 Å². The van der Waals surface area contributed by atoms with Crippen molar-refractivity contribution in [3.8, 4) is 0 Å². The topological polar surface area (TPSA) is 63.4 Å². The van der Waals surface area contributed by atoms with Crippen LogP contribution < -0.4 is 5.73 Å². The van der Waals surface area contributed by atoms with Gasteiger partial charge in [-0.2, -0.15) is 0 Å². The molecule has 2 rings (SSSR count). The van der Waals surface area contributed by atoms with Gasteiger partial charge in [-0.3, -0.25) is 9.59 Å². The normalized spacial score (nSPS) is 32.1. The molecule has 0 aromatic heterocycles. The van der Waals surface area contributed by atoms with Gasteiger partial charge in [-0.1, -0.05) is 0 Å². The standard InChI is InChI=1S/C8H12N2O2/c9-2-6(11)4-10-3-5-1-7(5)8(10)12/h5,7H,1-4,9H2. The van der Waals surface area contributed by atoms with Crippen molar-refractivity contribution in [2.45, 2.75) is 6.42 Å². The summed E-state index contributed by atoms with van der Waals surface area (Å²) in [7, 11) is 0. The minimum Gasteiger partial charge on any atom is -0.335 e. The highest BCUT2D eigenvalue weighted by atomic mass is 16.2. The number of hydrogen-bond donors (Lipinski definition) is 1. The SMILES string of the molecule is NCC(=O)CN1CC2CC2C1=O. The van der Waals surface area contributed by atoms with Gasteiger partial charge in [-0.05, 0) is 12.3 Å². The molecule has 1 saturated carbocycles. The Hall–Kier alpha value is -0.900. The van der Waals surface area contributed by atoms with Crippen LogP contribution >= 0.6 is 0 Å². The molecular formula is C8H12N2O2. The molecule has 2 unspecified atom stereocenters. The summed E-state index contributed by atoms with van der Waals surface area (Å²) in [5.74, 6) is 0.894. The number of carbonyl (C=O) groups excluding carboxylic acids is 2. The average molecular weight is 168 g/mol. The van der Waals surface area contributed by atoms with Gasteiger partial charge in [0.25, 0.3) is 0 Å². The van der Waals surface area contributed by atoms with Crippen molar-refractivity contribution in [3.05, 3.63) is 0 Å². The molecule has 1 amide bonds. The molecule has 66 valence electrons. The van der Waals surface area contributed by atoms with Gasteiger partial charge in [0.1, 0.15) is 0 Å². The second-order valence-electron chi connectivity index (χ2n) is 3.56. The lowest BCUT2D eigenvalue weighted by Gasteiger charge is -2.16. The fourth-order valence-electron chi connectivity index (χ4n) is 1.78. The molecule has 0 bridgehead atoms. The summed E-state index contributed by atoms with van der Waals surface area (Å²) in [5.41, 5.74) is 5.15. The van der Waals surface area contributed by atoms with E-state index in [4.69, 9.17) is 5.73 Å². The monoisotopic (exact) mass is 168 g/mol. The van der Waals surface area contributed by atoms with E-state index < -0.39 is 0 Å². The maximum Gasteiger partial charge on any atom is 0.226 e. The molecule has 2 N–H and O–H groups in total. The number of likely N-dealkylation sites (tertiary alicyclic amines) is 1. The summed E-state index contributed by atoms with van der Waals surface area (Å²) in [4.78, 5) is 23.9. The van der Waals surface area contributed by atoms with E-state index in [1.165, 1.54) is 0 Å². The number of rotatable bonds is 3. The summed E-state index contributed by atoms with van der Waals surface area (Å²) < 4.78 is 0. The van der Waals surface area contributed by atoms with Crippen molar-refractivity contribution in [2.24, 2.45) is 17.6 Å². The molecule has 1 aliphatic carbocycles. The van der Waals surface area contributed by atoms with Crippen LogP contribution in [0, 0.1) is 11.8 Å². The molecule has 1 aliphatic heterocycles. The Morgan fingerprint density at radius 1 is 1.67 bits per heavy atom. The van der Waals surface area contributed by atoms with E-state index in [0.29, 0.717) is 5.92 Å². The van der Waals surface area contributed by atoms with Crippen LogP contribution in [0.5, 0.6) is 0 Å². The van der Waals surface area contributed by atoms with Crippen LogP contribution in [0.25, 0.3) is 0 Å². The highest BCUT2D eigenvalue weighted by Gasteiger charge is 2.52. The third-order valence-electron chi connectivity index (χ3n) is 2.60. The number of hydrogen-bond acceptors (Lipinski definition) is 3. The molecule has 2 fully saturated rings. The van der Waals surface area contributed by atoms with E-state index in [-0.39, 0.29) is 30.7 Å². The first-order chi connectivity index (χ1) is 5.72. The van der Waals surface area contributed by atoms with Gasteiger partial charge in [0.05, 0.1) is 13.1 Å². The highest BCUT2D eigenvalue weighted by molar-refractivity contribution is 5.90. The van der Waals surface area contributed by atoms with E-state index in [0.717, 1.165) is 13.0 Å². The highest BCUT2D eigenvalue weighted by Crippen LogP contribution is 2.45. The molecule has 4 nitrogen and oxygen atoms in total. The summed E-state index contributed by atoms with van der Waals surface area (Å²) in [6, 6.07) is 0. The smallest absolute Gasteiger partial charge is 0.226 e. The number of ketones is 1. The van der Waals surface area contributed by atoms with E-state index in [2.05, 4.69) is 0 Å². The molecule has 0 radical (unpaired) electrons. The van der Waals surface area contributed by atoms with Gasteiger partial charge < -0.3 is 10.6 Å². The molecule has 2 atom stereocenters. The van der Waals surface area contributed by atoms with Crippen LogP contribution in [0.4, 0.5) is 0 Å². The summed E-state index contributed by atoms with van der Waals surface area (Å²) in [5, 5.41) is 0. The number of carbonyl (C=O) groups is 2. The Balaban J connectivity index is 1.90. The Morgan fingerprint density at radius 3 is 2.92 bits per heavy atom. The number of piperidine rings is 1. The van der Waals surface area contributed by atoms with Crippen LogP contribution in [0.2, 0.25) is 0 Å². The molecule has 4 heteroatoms. The molecule has 12 heavy (non-hydrogen) atoms. The van der Waals surface area contributed by atoms with Crippen molar-refractivity contribution in [1.29, 1.82) is 0 Å². The molecular weight excluding hydrogens is 156 g/mol. The largest absolute Gasteiger partial charge is 0.335 e. The summed E-state index contributed by atoms with van der Waals surface area (Å²) >= 11 is 0. The van der Waals surface area contributed by atoms with Crippen LogP contribution in [0.1, 0.15) is 6.42 Å². The Morgan fingerprint density at radius 2 is 2.42 bits per heavy atom. The lowest BCUT2D eigenvalue weighted by Crippen LogP contribution is -2.36. The molecule has 0 aromatic rings. The van der Waals surface area contributed by atoms with Crippen molar-refractivity contribution in [1.82, 2.24) is 4.90 Å². The Kier molecular flexibility index (Phi) is 1.65. The Bertz CT molecular complexity index is 239. The number of Topliss-reactive ketones (excluding diaryl/α,β-unsaturated/α-hetero) is 1. The lowest BCUT2D eigenvalue weighted by atomic mass is 10.3. The molecule has 0 spiro atoms. The van der Waals surface area contributed by atoms with Crippen LogP contribution in [-0.4, -0.2) is 36.2 Å². The van der Waals surface area contributed by atoms with Gasteiger partial charge in [0.15, 0.2) is 5.78 Å². The lowest BCUT2D eigenvalue weighted by molar-refractivity contribution is -0.133. The second kappa shape index (κ2) is 2.55. The maximum atomic E-state index is 11.3. The second-order valence-corrected chi connectivity index (χ2v) is 3.56. The van der Waals surface area contributed by atoms with Gasteiger partial charge in [0.2, 0.25) is 5.91 Å². The molecule has 1 saturated heterocycles. The third-order valence-corrected chi connectivity index (χ3v) is 2.60. The van der Waals surface area contributed by atoms with Crippen molar-refractivity contribution in [3.63, 3.8) is 0 Å². The summed E-state index contributed by atoms with van der Waals surface area (Å²) in [6.07, 6.45) is 1.03. The minimum absolute atomic E-state index is 0.0408. The first-order valence-corrected chi connectivity index (χ1v) is 4.23. The number of fused-ring (bicyclic) bond motifs is 1. The van der Waals surface area contributed by atoms with E-state index in [1.807, 2.05) is 0 Å². The molecule has 0 aromatic carbocycles. The first-order valence-electron chi connectivity index (χ1n) is 4.23. The van der Waals surface area contributed by atoms with E-state index in [1.54, 1.807) is 4.90 Å². The maximum absolute atomic E-state index is 11.3. The Labute approximate surface area is 70.7 Å². The molecule has 2 aliphatic rings. The zero-order valence-corrected chi connectivity index (χ0v) is 6.82. The zero-order chi connectivity index (χ0) is 8.72. The first kappa shape index (κ1) is 7.73. The van der Waals surface area contributed by atoms with Crippen molar-refractivity contribution >= 4 is 11.7 Å². The van der Waals surface area contributed by atoms with Crippen molar-refractivity contribution < 1.29 is 9.59 Å². The van der Waals surface area contributed by atoms with Crippen LogP contribution in [-0.2, 0) is 9.59 Å².